The number of hydrogen-bond acceptors (Lipinski definition) is 3. The van der Waals surface area contributed by atoms with Crippen molar-refractivity contribution in [1.82, 2.24) is 5.32 Å². The topological polar surface area (TPSA) is 55.4 Å². The SMILES string of the molecule is CC[C@@H](COC(=O)c1ccc(F)c(F)c1)NC(=O)c1ccc(F)c(F)c1. The second-order valence-corrected chi connectivity index (χ2v) is 5.43. The minimum absolute atomic E-state index is 0.0886. The summed E-state index contributed by atoms with van der Waals surface area (Å²) in [5, 5.41) is 2.52. The molecular formula is C18H15F4NO3. The summed E-state index contributed by atoms with van der Waals surface area (Å²) in [6, 6.07) is 4.67. The number of hydrogen-bond donors (Lipinski definition) is 1. The lowest BCUT2D eigenvalue weighted by Gasteiger charge is -2.17. The molecule has 0 aliphatic heterocycles. The Morgan fingerprint density at radius 1 is 0.923 bits per heavy atom. The molecule has 8 heteroatoms. The van der Waals surface area contributed by atoms with Gasteiger partial charge >= 0.3 is 5.97 Å². The van der Waals surface area contributed by atoms with Gasteiger partial charge in [-0.25, -0.2) is 22.4 Å². The zero-order chi connectivity index (χ0) is 19.3. The van der Waals surface area contributed by atoms with E-state index in [1.54, 1.807) is 6.92 Å². The third-order valence-electron chi connectivity index (χ3n) is 3.58. The second kappa shape index (κ2) is 8.46. The van der Waals surface area contributed by atoms with Gasteiger partial charge in [-0.3, -0.25) is 4.79 Å². The van der Waals surface area contributed by atoms with Crippen LogP contribution in [0.1, 0.15) is 34.1 Å². The Labute approximate surface area is 146 Å². The van der Waals surface area contributed by atoms with Crippen LogP contribution in [0, 0.1) is 23.3 Å². The van der Waals surface area contributed by atoms with Crippen LogP contribution in [0.3, 0.4) is 0 Å². The van der Waals surface area contributed by atoms with Crippen molar-refractivity contribution in [3.63, 3.8) is 0 Å². The largest absolute Gasteiger partial charge is 0.460 e. The molecule has 2 aromatic rings. The minimum Gasteiger partial charge on any atom is -0.460 e. The number of carbonyl (C=O) groups excluding carboxylic acids is 2. The van der Waals surface area contributed by atoms with E-state index in [2.05, 4.69) is 5.32 Å². The van der Waals surface area contributed by atoms with E-state index in [-0.39, 0.29) is 17.7 Å². The van der Waals surface area contributed by atoms with Crippen LogP contribution in [0.2, 0.25) is 0 Å². The molecule has 0 saturated heterocycles. The van der Waals surface area contributed by atoms with Crippen molar-refractivity contribution in [1.29, 1.82) is 0 Å². The van der Waals surface area contributed by atoms with Gasteiger partial charge in [0.1, 0.15) is 6.61 Å². The zero-order valence-corrected chi connectivity index (χ0v) is 13.7. The molecule has 2 rings (SSSR count). The van der Waals surface area contributed by atoms with Crippen molar-refractivity contribution in [2.24, 2.45) is 0 Å². The standard InChI is InChI=1S/C18H15F4NO3/c1-2-12(23-17(24)10-3-5-13(19)15(21)7-10)9-26-18(25)11-4-6-14(20)16(22)8-11/h3-8,12H,2,9H2,1H3,(H,23,24)/t12-/m0/s1. The molecule has 0 saturated carbocycles. The maximum atomic E-state index is 13.2. The summed E-state index contributed by atoms with van der Waals surface area (Å²) in [5.41, 5.74) is -0.264. The van der Waals surface area contributed by atoms with Gasteiger partial charge in [0, 0.05) is 5.56 Å². The fourth-order valence-electron chi connectivity index (χ4n) is 2.05. The Hall–Kier alpha value is -2.90. The third-order valence-corrected chi connectivity index (χ3v) is 3.58. The van der Waals surface area contributed by atoms with E-state index in [1.807, 2.05) is 0 Å². The highest BCUT2D eigenvalue weighted by molar-refractivity contribution is 5.94. The van der Waals surface area contributed by atoms with E-state index in [9.17, 15) is 27.2 Å². The van der Waals surface area contributed by atoms with E-state index in [0.29, 0.717) is 12.5 Å². The van der Waals surface area contributed by atoms with Gasteiger partial charge in [-0.1, -0.05) is 6.92 Å². The highest BCUT2D eigenvalue weighted by atomic mass is 19.2. The molecule has 0 unspecified atom stereocenters. The van der Waals surface area contributed by atoms with Crippen LogP contribution in [-0.2, 0) is 4.74 Å². The summed E-state index contributed by atoms with van der Waals surface area (Å²) in [4.78, 5) is 23.9. The average molecular weight is 369 g/mol. The number of esters is 1. The van der Waals surface area contributed by atoms with Gasteiger partial charge in [-0.05, 0) is 42.8 Å². The molecule has 0 aromatic heterocycles. The van der Waals surface area contributed by atoms with Gasteiger partial charge in [0.2, 0.25) is 0 Å². The Morgan fingerprint density at radius 3 is 2.00 bits per heavy atom. The van der Waals surface area contributed by atoms with Gasteiger partial charge in [0.25, 0.3) is 5.91 Å². The molecule has 0 fully saturated rings. The molecule has 26 heavy (non-hydrogen) atoms. The Kier molecular flexibility index (Phi) is 6.32. The summed E-state index contributed by atoms with van der Waals surface area (Å²) in [6.07, 6.45) is 0.375. The van der Waals surface area contributed by atoms with Crippen LogP contribution in [-0.4, -0.2) is 24.5 Å². The molecule has 138 valence electrons. The van der Waals surface area contributed by atoms with Crippen LogP contribution in [0.5, 0.6) is 0 Å². The lowest BCUT2D eigenvalue weighted by molar-refractivity contribution is 0.0454. The molecule has 1 amide bonds. The number of amides is 1. The first-order valence-corrected chi connectivity index (χ1v) is 7.70. The number of carbonyl (C=O) groups is 2. The predicted octanol–water partition coefficient (Wildman–Crippen LogP) is 3.61. The van der Waals surface area contributed by atoms with Gasteiger partial charge in [-0.15, -0.1) is 0 Å². The van der Waals surface area contributed by atoms with Crippen molar-refractivity contribution < 1.29 is 31.9 Å². The molecule has 1 N–H and O–H groups in total. The van der Waals surface area contributed by atoms with Crippen molar-refractivity contribution in [2.75, 3.05) is 6.61 Å². The van der Waals surface area contributed by atoms with Crippen LogP contribution < -0.4 is 5.32 Å². The van der Waals surface area contributed by atoms with Crippen molar-refractivity contribution >= 4 is 11.9 Å². The summed E-state index contributed by atoms with van der Waals surface area (Å²) >= 11 is 0. The third kappa shape index (κ3) is 4.81. The van der Waals surface area contributed by atoms with Gasteiger partial charge in [0.15, 0.2) is 23.3 Å². The van der Waals surface area contributed by atoms with Gasteiger partial charge < -0.3 is 10.1 Å². The summed E-state index contributed by atoms with van der Waals surface area (Å²) in [6.45, 7) is 1.48. The van der Waals surface area contributed by atoms with Crippen molar-refractivity contribution in [2.45, 2.75) is 19.4 Å². The zero-order valence-electron chi connectivity index (χ0n) is 13.7. The number of halogens is 4. The molecule has 0 radical (unpaired) electrons. The summed E-state index contributed by atoms with van der Waals surface area (Å²) in [7, 11) is 0. The molecule has 0 heterocycles. The molecule has 1 atom stereocenters. The Morgan fingerprint density at radius 2 is 1.46 bits per heavy atom. The molecular weight excluding hydrogens is 354 g/mol. The fourth-order valence-corrected chi connectivity index (χ4v) is 2.05. The molecule has 0 bridgehead atoms. The van der Waals surface area contributed by atoms with Crippen LogP contribution >= 0.6 is 0 Å². The summed E-state index contributed by atoms with van der Waals surface area (Å²) < 4.78 is 57.1. The van der Waals surface area contributed by atoms with Crippen LogP contribution in [0.4, 0.5) is 17.6 Å². The van der Waals surface area contributed by atoms with Crippen LogP contribution in [0.25, 0.3) is 0 Å². The van der Waals surface area contributed by atoms with E-state index in [4.69, 9.17) is 4.74 Å². The molecule has 0 aliphatic rings. The number of ether oxygens (including phenoxy) is 1. The van der Waals surface area contributed by atoms with Gasteiger partial charge in [0.05, 0.1) is 11.6 Å². The molecule has 0 aliphatic carbocycles. The number of rotatable bonds is 6. The lowest BCUT2D eigenvalue weighted by atomic mass is 10.1. The van der Waals surface area contributed by atoms with Crippen molar-refractivity contribution in [3.8, 4) is 0 Å². The second-order valence-electron chi connectivity index (χ2n) is 5.43. The summed E-state index contributed by atoms with van der Waals surface area (Å²) in [5.74, 6) is -6.06. The van der Waals surface area contributed by atoms with Gasteiger partial charge in [-0.2, -0.15) is 0 Å². The monoisotopic (exact) mass is 369 g/mol. The smallest absolute Gasteiger partial charge is 0.338 e. The lowest BCUT2D eigenvalue weighted by Crippen LogP contribution is -2.38. The normalized spacial score (nSPS) is 11.7. The van der Waals surface area contributed by atoms with E-state index < -0.39 is 41.2 Å². The average Bonchev–Trinajstić information content (AvgIpc) is 2.62. The Bertz CT molecular complexity index is 826. The maximum absolute atomic E-state index is 13.2. The van der Waals surface area contributed by atoms with E-state index in [1.165, 1.54) is 0 Å². The first-order chi connectivity index (χ1) is 12.3. The van der Waals surface area contributed by atoms with Crippen LogP contribution in [0.15, 0.2) is 36.4 Å². The van der Waals surface area contributed by atoms with E-state index in [0.717, 1.165) is 30.3 Å². The first kappa shape index (κ1) is 19.4. The molecule has 2 aromatic carbocycles. The highest BCUT2D eigenvalue weighted by Gasteiger charge is 2.17. The number of nitrogens with one attached hydrogen (secondary N) is 1. The Balaban J connectivity index is 1.96. The minimum atomic E-state index is -1.18. The fraction of sp³-hybridized carbons (Fsp3) is 0.222. The van der Waals surface area contributed by atoms with Crippen molar-refractivity contribution in [3.05, 3.63) is 70.8 Å². The quantitative estimate of drug-likeness (QED) is 0.625. The molecule has 4 nitrogen and oxygen atoms in total. The highest BCUT2D eigenvalue weighted by Crippen LogP contribution is 2.11. The molecule has 0 spiro atoms. The maximum Gasteiger partial charge on any atom is 0.338 e. The number of benzene rings is 2. The predicted molar refractivity (Wildman–Crippen MR) is 84.5 cm³/mol. The van der Waals surface area contributed by atoms with E-state index >= 15 is 0 Å². The first-order valence-electron chi connectivity index (χ1n) is 7.70.